The van der Waals surface area contributed by atoms with E-state index in [1.54, 1.807) is 37.4 Å². The molecule has 6 nitrogen and oxygen atoms in total. The second kappa shape index (κ2) is 8.67. The van der Waals surface area contributed by atoms with E-state index in [1.165, 1.54) is 6.92 Å². The Morgan fingerprint density at radius 2 is 1.96 bits per heavy atom. The molecule has 2 aromatic rings. The van der Waals surface area contributed by atoms with Gasteiger partial charge in [-0.15, -0.1) is 0 Å². The highest BCUT2D eigenvalue weighted by Crippen LogP contribution is 2.20. The third-order valence-electron chi connectivity index (χ3n) is 3.80. The van der Waals surface area contributed by atoms with Crippen molar-refractivity contribution in [2.75, 3.05) is 12.4 Å². The Morgan fingerprint density at radius 1 is 1.23 bits per heavy atom. The molecule has 134 valence electrons. The van der Waals surface area contributed by atoms with Crippen molar-refractivity contribution in [3.05, 3.63) is 59.2 Å². The van der Waals surface area contributed by atoms with Crippen molar-refractivity contribution in [2.24, 2.45) is 0 Å². The second-order valence-electron chi connectivity index (χ2n) is 5.76. The van der Waals surface area contributed by atoms with Crippen LogP contribution in [0.5, 0.6) is 5.75 Å². The lowest BCUT2D eigenvalue weighted by atomic mass is 10.1. The van der Waals surface area contributed by atoms with Gasteiger partial charge in [0.25, 0.3) is 5.91 Å². The van der Waals surface area contributed by atoms with Gasteiger partial charge in [0.05, 0.1) is 24.8 Å². The van der Waals surface area contributed by atoms with Gasteiger partial charge in [-0.1, -0.05) is 24.3 Å². The summed E-state index contributed by atoms with van der Waals surface area (Å²) in [4.78, 5) is 24.3. The maximum Gasteiger partial charge on any atom is 0.311 e. The number of ether oxygens (including phenoxy) is 2. The molecule has 0 radical (unpaired) electrons. The maximum atomic E-state index is 12.2. The van der Waals surface area contributed by atoms with Gasteiger partial charge in [-0.25, -0.2) is 0 Å². The van der Waals surface area contributed by atoms with Crippen molar-refractivity contribution >= 4 is 17.6 Å². The molecule has 2 rings (SSSR count). The van der Waals surface area contributed by atoms with Crippen molar-refractivity contribution in [3.63, 3.8) is 0 Å². The number of carbonyl (C=O) groups is 2. The summed E-state index contributed by atoms with van der Waals surface area (Å²) >= 11 is 0. The second-order valence-corrected chi connectivity index (χ2v) is 5.76. The fourth-order valence-electron chi connectivity index (χ4n) is 2.36. The minimum absolute atomic E-state index is 0.0308. The monoisotopic (exact) mass is 352 g/mol. The largest absolute Gasteiger partial charge is 0.496 e. The molecule has 0 aliphatic heterocycles. The van der Waals surface area contributed by atoms with Crippen LogP contribution in [0.4, 0.5) is 5.69 Å². The zero-order valence-corrected chi connectivity index (χ0v) is 14.9. The van der Waals surface area contributed by atoms with Gasteiger partial charge in [-0.2, -0.15) is 5.26 Å². The average Bonchev–Trinajstić information content (AvgIpc) is 2.63. The van der Waals surface area contributed by atoms with E-state index in [0.717, 1.165) is 11.1 Å². The zero-order valence-electron chi connectivity index (χ0n) is 14.9. The first kappa shape index (κ1) is 19.0. The van der Waals surface area contributed by atoms with Crippen LogP contribution in [-0.4, -0.2) is 25.1 Å². The highest BCUT2D eigenvalue weighted by molar-refractivity contribution is 5.96. The number of rotatable bonds is 6. The van der Waals surface area contributed by atoms with Crippen molar-refractivity contribution in [2.45, 2.75) is 26.4 Å². The average molecular weight is 352 g/mol. The third kappa shape index (κ3) is 4.84. The topological polar surface area (TPSA) is 88.4 Å². The van der Waals surface area contributed by atoms with Gasteiger partial charge in [0.2, 0.25) is 0 Å². The maximum absolute atomic E-state index is 12.2. The van der Waals surface area contributed by atoms with Crippen LogP contribution < -0.4 is 10.1 Å². The predicted octanol–water partition coefficient (Wildman–Crippen LogP) is 2.99. The van der Waals surface area contributed by atoms with Crippen molar-refractivity contribution in [3.8, 4) is 11.8 Å². The lowest BCUT2D eigenvalue weighted by Crippen LogP contribution is -2.30. The van der Waals surface area contributed by atoms with Gasteiger partial charge in [-0.3, -0.25) is 9.59 Å². The van der Waals surface area contributed by atoms with E-state index in [-0.39, 0.29) is 6.42 Å². The van der Waals surface area contributed by atoms with Crippen LogP contribution in [0.1, 0.15) is 23.6 Å². The summed E-state index contributed by atoms with van der Waals surface area (Å²) in [6.07, 6.45) is -0.954. The summed E-state index contributed by atoms with van der Waals surface area (Å²) in [6, 6.07) is 14.0. The SMILES string of the molecule is COc1cc(CC(=O)OC(C)C(=O)Nc2ccccc2C#N)ccc1C. The molecule has 0 heterocycles. The van der Waals surface area contributed by atoms with Crippen LogP contribution in [0.15, 0.2) is 42.5 Å². The Labute approximate surface area is 152 Å². The fraction of sp³-hybridized carbons (Fsp3) is 0.250. The quantitative estimate of drug-likeness (QED) is 0.808. The first-order valence-corrected chi connectivity index (χ1v) is 8.07. The Hall–Kier alpha value is -3.33. The number of amides is 1. The Morgan fingerprint density at radius 3 is 2.65 bits per heavy atom. The number of nitrogens with one attached hydrogen (secondary N) is 1. The number of anilines is 1. The number of methoxy groups -OCH3 is 1. The molecule has 0 spiro atoms. The van der Waals surface area contributed by atoms with Crippen molar-refractivity contribution in [1.82, 2.24) is 0 Å². The van der Waals surface area contributed by atoms with Crippen molar-refractivity contribution < 1.29 is 19.1 Å². The van der Waals surface area contributed by atoms with Crippen LogP contribution >= 0.6 is 0 Å². The first-order valence-electron chi connectivity index (χ1n) is 8.07. The molecule has 2 aromatic carbocycles. The number of esters is 1. The smallest absolute Gasteiger partial charge is 0.311 e. The number of para-hydroxylation sites is 1. The summed E-state index contributed by atoms with van der Waals surface area (Å²) < 4.78 is 10.4. The van der Waals surface area contributed by atoms with E-state index in [1.807, 2.05) is 25.1 Å². The minimum atomic E-state index is -0.985. The van der Waals surface area contributed by atoms with Crippen LogP contribution in [0, 0.1) is 18.3 Å². The molecule has 1 atom stereocenters. The van der Waals surface area contributed by atoms with E-state index in [9.17, 15) is 9.59 Å². The van der Waals surface area contributed by atoms with Crippen LogP contribution in [0.2, 0.25) is 0 Å². The van der Waals surface area contributed by atoms with Gasteiger partial charge in [0.15, 0.2) is 6.10 Å². The van der Waals surface area contributed by atoms with Crippen LogP contribution in [0.3, 0.4) is 0 Å². The minimum Gasteiger partial charge on any atom is -0.496 e. The summed E-state index contributed by atoms with van der Waals surface area (Å²) in [5, 5.41) is 11.6. The van der Waals surface area contributed by atoms with E-state index in [0.29, 0.717) is 17.0 Å². The lowest BCUT2D eigenvalue weighted by molar-refractivity contribution is -0.152. The molecule has 0 saturated heterocycles. The molecule has 1 amide bonds. The third-order valence-corrected chi connectivity index (χ3v) is 3.80. The van der Waals surface area contributed by atoms with E-state index in [4.69, 9.17) is 14.7 Å². The summed E-state index contributed by atoms with van der Waals surface area (Å²) in [5.74, 6) is -0.330. The Bertz CT molecular complexity index is 855. The number of aryl methyl sites for hydroxylation is 1. The zero-order chi connectivity index (χ0) is 19.1. The van der Waals surface area contributed by atoms with Crippen LogP contribution in [0.25, 0.3) is 0 Å². The van der Waals surface area contributed by atoms with Crippen molar-refractivity contribution in [1.29, 1.82) is 5.26 Å². The highest BCUT2D eigenvalue weighted by Gasteiger charge is 2.19. The molecular weight excluding hydrogens is 332 g/mol. The number of benzene rings is 2. The number of hydrogen-bond donors (Lipinski definition) is 1. The molecule has 0 aromatic heterocycles. The molecule has 6 heteroatoms. The molecule has 26 heavy (non-hydrogen) atoms. The van der Waals surface area contributed by atoms with Crippen LogP contribution in [-0.2, 0) is 20.7 Å². The van der Waals surface area contributed by atoms with Gasteiger partial charge < -0.3 is 14.8 Å². The van der Waals surface area contributed by atoms with Gasteiger partial charge >= 0.3 is 5.97 Å². The molecular formula is C20H20N2O4. The number of nitriles is 1. The molecule has 0 bridgehead atoms. The highest BCUT2D eigenvalue weighted by atomic mass is 16.5. The van der Waals surface area contributed by atoms with E-state index >= 15 is 0 Å². The summed E-state index contributed by atoms with van der Waals surface area (Å²) in [6.45, 7) is 3.39. The molecule has 1 unspecified atom stereocenters. The van der Waals surface area contributed by atoms with E-state index < -0.39 is 18.0 Å². The lowest BCUT2D eigenvalue weighted by Gasteiger charge is -2.14. The first-order chi connectivity index (χ1) is 12.4. The number of hydrogen-bond acceptors (Lipinski definition) is 5. The number of carbonyl (C=O) groups excluding carboxylic acids is 2. The number of nitrogens with zero attached hydrogens (tertiary/aromatic N) is 1. The standard InChI is InChI=1S/C20H20N2O4/c1-13-8-9-15(10-18(13)25-3)11-19(23)26-14(2)20(24)22-17-7-5-4-6-16(17)12-21/h4-10,14H,11H2,1-3H3,(H,22,24). The normalized spacial score (nSPS) is 11.2. The summed E-state index contributed by atoms with van der Waals surface area (Å²) in [5.41, 5.74) is 2.42. The Balaban J connectivity index is 1.96. The summed E-state index contributed by atoms with van der Waals surface area (Å²) in [7, 11) is 1.57. The molecule has 0 aliphatic carbocycles. The molecule has 0 saturated carbocycles. The molecule has 1 N–H and O–H groups in total. The fourth-order valence-corrected chi connectivity index (χ4v) is 2.36. The molecule has 0 aliphatic rings. The van der Waals surface area contributed by atoms with Gasteiger partial charge in [0, 0.05) is 0 Å². The van der Waals surface area contributed by atoms with E-state index in [2.05, 4.69) is 5.32 Å². The molecule has 0 fully saturated rings. The Kier molecular flexibility index (Phi) is 6.34. The van der Waals surface area contributed by atoms with Gasteiger partial charge in [0.1, 0.15) is 11.8 Å². The predicted molar refractivity (Wildman–Crippen MR) is 96.8 cm³/mol. The van der Waals surface area contributed by atoms with Gasteiger partial charge in [-0.05, 0) is 43.2 Å².